The molecule has 0 saturated heterocycles. The van der Waals surface area contributed by atoms with Crippen LogP contribution in [0.25, 0.3) is 0 Å². The molecule has 0 fully saturated rings. The van der Waals surface area contributed by atoms with Gasteiger partial charge in [-0.15, -0.1) is 0 Å². The van der Waals surface area contributed by atoms with E-state index in [0.717, 1.165) is 11.3 Å². The second-order valence-electron chi connectivity index (χ2n) is 9.38. The molecule has 5 nitrogen and oxygen atoms in total. The van der Waals surface area contributed by atoms with Crippen LogP contribution in [0.3, 0.4) is 0 Å². The summed E-state index contributed by atoms with van der Waals surface area (Å²) in [5, 5.41) is 13.1. The minimum Gasteiger partial charge on any atom is -0.486 e. The summed E-state index contributed by atoms with van der Waals surface area (Å²) in [6, 6.07) is 19.1. The minimum absolute atomic E-state index is 0.0902. The van der Waals surface area contributed by atoms with Crippen LogP contribution in [0, 0.1) is 0 Å². The lowest BCUT2D eigenvalue weighted by Crippen LogP contribution is -2.28. The minimum atomic E-state index is -0.783. The molecule has 1 heterocycles. The van der Waals surface area contributed by atoms with Gasteiger partial charge in [-0.1, -0.05) is 71.0 Å². The summed E-state index contributed by atoms with van der Waals surface area (Å²) in [7, 11) is 0. The summed E-state index contributed by atoms with van der Waals surface area (Å²) in [4.78, 5) is 12.4. The topological polar surface area (TPSA) is 71.7 Å². The van der Waals surface area contributed by atoms with Gasteiger partial charge in [0.1, 0.15) is 18.1 Å². The van der Waals surface area contributed by atoms with Gasteiger partial charge in [-0.05, 0) is 52.3 Å². The van der Waals surface area contributed by atoms with Gasteiger partial charge >= 0.3 is 0 Å². The van der Waals surface area contributed by atoms with E-state index in [1.807, 2.05) is 36.4 Å². The average Bonchev–Trinajstić information content (AvgIpc) is 3.25. The lowest BCUT2D eigenvalue weighted by atomic mass is 9.87. The maximum absolute atomic E-state index is 12.4. The molecule has 0 aliphatic carbocycles. The summed E-state index contributed by atoms with van der Waals surface area (Å²) in [5.41, 5.74) is 3.30. The standard InChI is InChI=1S/C27H33NO4/c1-18(2)19-6-8-20(9-7-19)24(29)16-28-26(30)25-15-14-23(32-25)17-31-22-12-10-21(11-13-22)27(3,4)5/h6-15,18,24,29H,16-17H2,1-5H3,(H,28,30). The van der Waals surface area contributed by atoms with Gasteiger partial charge in [0.15, 0.2) is 5.76 Å². The van der Waals surface area contributed by atoms with Crippen LogP contribution in [0.1, 0.15) is 79.6 Å². The highest BCUT2D eigenvalue weighted by Crippen LogP contribution is 2.25. The Balaban J connectivity index is 1.49. The van der Waals surface area contributed by atoms with Gasteiger partial charge in [0.2, 0.25) is 0 Å². The van der Waals surface area contributed by atoms with E-state index in [0.29, 0.717) is 11.7 Å². The van der Waals surface area contributed by atoms with Gasteiger partial charge in [-0.3, -0.25) is 4.79 Å². The molecule has 1 amide bonds. The zero-order valence-corrected chi connectivity index (χ0v) is 19.5. The predicted molar refractivity (Wildman–Crippen MR) is 126 cm³/mol. The summed E-state index contributed by atoms with van der Waals surface area (Å²) < 4.78 is 11.4. The van der Waals surface area contributed by atoms with E-state index in [-0.39, 0.29) is 30.2 Å². The fourth-order valence-electron chi connectivity index (χ4n) is 3.28. The number of carbonyl (C=O) groups excluding carboxylic acids is 1. The quantitative estimate of drug-likeness (QED) is 0.473. The van der Waals surface area contributed by atoms with Gasteiger partial charge in [0.05, 0.1) is 6.10 Å². The first-order valence-electron chi connectivity index (χ1n) is 11.0. The van der Waals surface area contributed by atoms with Crippen molar-refractivity contribution in [3.8, 4) is 5.75 Å². The van der Waals surface area contributed by atoms with Gasteiger partial charge in [0, 0.05) is 6.54 Å². The molecule has 3 rings (SSSR count). The molecule has 1 unspecified atom stereocenters. The van der Waals surface area contributed by atoms with Crippen molar-refractivity contribution >= 4 is 5.91 Å². The molecule has 32 heavy (non-hydrogen) atoms. The first-order chi connectivity index (χ1) is 15.1. The van der Waals surface area contributed by atoms with Crippen molar-refractivity contribution in [2.24, 2.45) is 0 Å². The number of rotatable bonds is 8. The Morgan fingerprint density at radius 2 is 1.59 bits per heavy atom. The zero-order valence-electron chi connectivity index (χ0n) is 19.5. The van der Waals surface area contributed by atoms with E-state index in [4.69, 9.17) is 9.15 Å². The Bertz CT molecular complexity index is 1010. The third-order valence-electron chi connectivity index (χ3n) is 5.43. The van der Waals surface area contributed by atoms with E-state index in [2.05, 4.69) is 52.1 Å². The summed E-state index contributed by atoms with van der Waals surface area (Å²) in [6.45, 7) is 11.1. The highest BCUT2D eigenvalue weighted by atomic mass is 16.5. The lowest BCUT2D eigenvalue weighted by molar-refractivity contribution is 0.0885. The van der Waals surface area contributed by atoms with Gasteiger partial charge < -0.3 is 19.6 Å². The SMILES string of the molecule is CC(C)c1ccc(C(O)CNC(=O)c2ccc(COc3ccc(C(C)(C)C)cc3)o2)cc1. The highest BCUT2D eigenvalue weighted by molar-refractivity contribution is 5.91. The smallest absolute Gasteiger partial charge is 0.287 e. The van der Waals surface area contributed by atoms with Gasteiger partial charge in [0.25, 0.3) is 5.91 Å². The highest BCUT2D eigenvalue weighted by Gasteiger charge is 2.15. The number of amides is 1. The van der Waals surface area contributed by atoms with E-state index >= 15 is 0 Å². The molecule has 0 bridgehead atoms. The van der Waals surface area contributed by atoms with Gasteiger partial charge in [-0.25, -0.2) is 0 Å². The Morgan fingerprint density at radius 3 is 2.19 bits per heavy atom. The molecule has 1 aromatic heterocycles. The molecule has 0 radical (unpaired) electrons. The third-order valence-corrected chi connectivity index (χ3v) is 5.43. The Labute approximate surface area is 190 Å². The van der Waals surface area contributed by atoms with Crippen LogP contribution in [-0.2, 0) is 12.0 Å². The normalized spacial score (nSPS) is 12.6. The molecule has 0 aliphatic heterocycles. The Kier molecular flexibility index (Phi) is 7.41. The first-order valence-corrected chi connectivity index (χ1v) is 11.0. The van der Waals surface area contributed by atoms with Crippen molar-refractivity contribution in [3.05, 3.63) is 88.9 Å². The van der Waals surface area contributed by atoms with Crippen molar-refractivity contribution in [3.63, 3.8) is 0 Å². The number of hydrogen-bond donors (Lipinski definition) is 2. The van der Waals surface area contributed by atoms with Crippen LogP contribution in [0.15, 0.2) is 65.1 Å². The molecular weight excluding hydrogens is 402 g/mol. The number of furan rings is 1. The molecule has 0 saturated carbocycles. The Morgan fingerprint density at radius 1 is 0.969 bits per heavy atom. The van der Waals surface area contributed by atoms with E-state index in [9.17, 15) is 9.90 Å². The molecule has 2 N–H and O–H groups in total. The van der Waals surface area contributed by atoms with Crippen molar-refractivity contribution in [1.82, 2.24) is 5.32 Å². The summed E-state index contributed by atoms with van der Waals surface area (Å²) >= 11 is 0. The van der Waals surface area contributed by atoms with Gasteiger partial charge in [-0.2, -0.15) is 0 Å². The van der Waals surface area contributed by atoms with Crippen molar-refractivity contribution < 1.29 is 19.1 Å². The maximum Gasteiger partial charge on any atom is 0.287 e. The number of aliphatic hydroxyl groups is 1. The average molecular weight is 436 g/mol. The molecule has 0 aliphatic rings. The predicted octanol–water partition coefficient (Wildman–Crippen LogP) is 5.74. The third kappa shape index (κ3) is 6.24. The van der Waals surface area contributed by atoms with Crippen molar-refractivity contribution in [2.45, 2.75) is 58.7 Å². The van der Waals surface area contributed by atoms with E-state index in [1.165, 1.54) is 11.1 Å². The van der Waals surface area contributed by atoms with Crippen LogP contribution < -0.4 is 10.1 Å². The molecule has 2 aromatic carbocycles. The summed E-state index contributed by atoms with van der Waals surface area (Å²) in [5.74, 6) is 1.55. The number of nitrogens with one attached hydrogen (secondary N) is 1. The Hall–Kier alpha value is -3.05. The number of ether oxygens (including phenoxy) is 1. The number of hydrogen-bond acceptors (Lipinski definition) is 4. The monoisotopic (exact) mass is 435 g/mol. The van der Waals surface area contributed by atoms with Crippen LogP contribution in [0.5, 0.6) is 5.75 Å². The van der Waals surface area contributed by atoms with E-state index in [1.54, 1.807) is 12.1 Å². The molecule has 0 spiro atoms. The fraction of sp³-hybridized carbons (Fsp3) is 0.370. The second-order valence-corrected chi connectivity index (χ2v) is 9.38. The van der Waals surface area contributed by atoms with Crippen molar-refractivity contribution in [2.75, 3.05) is 6.54 Å². The number of benzene rings is 2. The van der Waals surface area contributed by atoms with Crippen LogP contribution in [0.2, 0.25) is 0 Å². The fourth-order valence-corrected chi connectivity index (χ4v) is 3.28. The number of carbonyl (C=O) groups is 1. The van der Waals surface area contributed by atoms with Crippen LogP contribution in [0.4, 0.5) is 0 Å². The molecular formula is C27H33NO4. The molecule has 1 atom stereocenters. The largest absolute Gasteiger partial charge is 0.486 e. The van der Waals surface area contributed by atoms with Crippen LogP contribution in [-0.4, -0.2) is 17.6 Å². The van der Waals surface area contributed by atoms with E-state index < -0.39 is 6.10 Å². The maximum atomic E-state index is 12.4. The lowest BCUT2D eigenvalue weighted by Gasteiger charge is -2.19. The first kappa shape index (κ1) is 23.6. The van der Waals surface area contributed by atoms with Crippen molar-refractivity contribution in [1.29, 1.82) is 0 Å². The summed E-state index contributed by atoms with van der Waals surface area (Å²) in [6.07, 6.45) is -0.783. The number of aliphatic hydroxyl groups excluding tert-OH is 1. The zero-order chi connectivity index (χ0) is 23.3. The van der Waals surface area contributed by atoms with Crippen LogP contribution >= 0.6 is 0 Å². The molecule has 3 aromatic rings. The molecule has 170 valence electrons. The second kappa shape index (κ2) is 10.0. The molecule has 5 heteroatoms.